The van der Waals surface area contributed by atoms with Crippen LogP contribution in [-0.2, 0) is 20.8 Å². The Kier molecular flexibility index (Phi) is 13.6. The second-order valence-electron chi connectivity index (χ2n) is 7.74. The van der Waals surface area contributed by atoms with Gasteiger partial charge in [-0.25, -0.2) is 9.10 Å². The molecule has 1 saturated heterocycles. The largest absolute Gasteiger partial charge is 0.497 e. The van der Waals surface area contributed by atoms with E-state index in [0.717, 1.165) is 11.5 Å². The molecule has 1 aliphatic heterocycles. The SMILES string of the molecule is C=O.COc1ccc(CC(NC=O)C(=O)O)cc1.Cc1ccc(SN2CCC(C)CC2)cc1. The molecule has 2 aromatic rings. The molecule has 1 aliphatic rings. The molecule has 0 aliphatic carbocycles. The zero-order valence-corrected chi connectivity index (χ0v) is 20.3. The molecule has 0 radical (unpaired) electrons. The molecule has 2 aromatic carbocycles. The van der Waals surface area contributed by atoms with Crippen molar-refractivity contribution in [1.29, 1.82) is 0 Å². The topological polar surface area (TPSA) is 95.9 Å². The lowest BCUT2D eigenvalue weighted by atomic mass is 10.0. The van der Waals surface area contributed by atoms with Crippen LogP contribution in [0.1, 0.15) is 30.9 Å². The summed E-state index contributed by atoms with van der Waals surface area (Å²) in [4.78, 5) is 30.4. The molecule has 3 rings (SSSR count). The van der Waals surface area contributed by atoms with Crippen molar-refractivity contribution in [2.24, 2.45) is 5.92 Å². The van der Waals surface area contributed by atoms with Crippen LogP contribution in [0, 0.1) is 12.8 Å². The van der Waals surface area contributed by atoms with Crippen molar-refractivity contribution in [3.05, 3.63) is 59.7 Å². The van der Waals surface area contributed by atoms with Crippen LogP contribution in [0.2, 0.25) is 0 Å². The Morgan fingerprint density at radius 3 is 2.24 bits per heavy atom. The van der Waals surface area contributed by atoms with Crippen molar-refractivity contribution in [3.8, 4) is 5.75 Å². The lowest BCUT2D eigenvalue weighted by molar-refractivity contribution is -0.140. The number of piperidine rings is 1. The van der Waals surface area contributed by atoms with Crippen LogP contribution >= 0.6 is 11.9 Å². The number of rotatable bonds is 8. The summed E-state index contributed by atoms with van der Waals surface area (Å²) >= 11 is 1.91. The minimum absolute atomic E-state index is 0.248. The van der Waals surface area contributed by atoms with E-state index in [1.54, 1.807) is 31.4 Å². The molecule has 7 nitrogen and oxygen atoms in total. The third-order valence-corrected chi connectivity index (χ3v) is 6.27. The van der Waals surface area contributed by atoms with Crippen LogP contribution < -0.4 is 10.1 Å². The molecule has 2 N–H and O–H groups in total. The molecule has 0 bridgehead atoms. The Morgan fingerprint density at radius 1 is 1.18 bits per heavy atom. The number of hydrogen-bond donors (Lipinski definition) is 2. The first-order valence-corrected chi connectivity index (χ1v) is 11.5. The number of nitrogens with zero attached hydrogens (tertiary/aromatic N) is 1. The number of ether oxygens (including phenoxy) is 1. The number of methoxy groups -OCH3 is 1. The molecule has 33 heavy (non-hydrogen) atoms. The van der Waals surface area contributed by atoms with Crippen molar-refractivity contribution in [3.63, 3.8) is 0 Å². The maximum atomic E-state index is 10.8. The number of aryl methyl sites for hydroxylation is 1. The summed E-state index contributed by atoms with van der Waals surface area (Å²) in [5.74, 6) is 0.571. The lowest BCUT2D eigenvalue weighted by Gasteiger charge is -2.28. The van der Waals surface area contributed by atoms with Crippen LogP contribution in [0.25, 0.3) is 0 Å². The number of carbonyl (C=O) groups excluding carboxylic acids is 2. The normalized spacial score (nSPS) is 14.5. The first-order chi connectivity index (χ1) is 15.9. The Morgan fingerprint density at radius 2 is 1.76 bits per heavy atom. The maximum absolute atomic E-state index is 10.8. The molecule has 1 unspecified atom stereocenters. The molecule has 0 aromatic heterocycles. The fraction of sp³-hybridized carbons (Fsp3) is 0.400. The average Bonchev–Trinajstić information content (AvgIpc) is 2.84. The van der Waals surface area contributed by atoms with E-state index in [0.29, 0.717) is 12.2 Å². The number of carbonyl (C=O) groups is 3. The molecule has 1 amide bonds. The van der Waals surface area contributed by atoms with Crippen molar-refractivity contribution >= 4 is 31.1 Å². The van der Waals surface area contributed by atoms with E-state index >= 15 is 0 Å². The number of hydrogen-bond acceptors (Lipinski definition) is 6. The quantitative estimate of drug-likeness (QED) is 0.441. The van der Waals surface area contributed by atoms with Gasteiger partial charge in [0.25, 0.3) is 0 Å². The van der Waals surface area contributed by atoms with Crippen LogP contribution in [0.15, 0.2) is 53.4 Å². The maximum Gasteiger partial charge on any atom is 0.326 e. The molecule has 8 heteroatoms. The van der Waals surface area contributed by atoms with Crippen LogP contribution in [0.3, 0.4) is 0 Å². The van der Waals surface area contributed by atoms with Gasteiger partial charge in [0, 0.05) is 24.4 Å². The molecule has 1 heterocycles. The van der Waals surface area contributed by atoms with Gasteiger partial charge >= 0.3 is 5.97 Å². The number of carboxylic acids is 1. The van der Waals surface area contributed by atoms with Crippen molar-refractivity contribution in [1.82, 2.24) is 9.62 Å². The van der Waals surface area contributed by atoms with Gasteiger partial charge in [0.05, 0.1) is 7.11 Å². The van der Waals surface area contributed by atoms with E-state index in [4.69, 9.17) is 14.6 Å². The van der Waals surface area contributed by atoms with E-state index in [1.165, 1.54) is 36.4 Å². The van der Waals surface area contributed by atoms with Gasteiger partial charge in [0.15, 0.2) is 0 Å². The Balaban J connectivity index is 0.000000307. The fourth-order valence-electron chi connectivity index (χ4n) is 3.12. The minimum atomic E-state index is -1.05. The number of nitrogens with one attached hydrogen (secondary N) is 1. The van der Waals surface area contributed by atoms with Crippen molar-refractivity contribution in [2.75, 3.05) is 20.2 Å². The summed E-state index contributed by atoms with van der Waals surface area (Å²) in [6.45, 7) is 8.96. The van der Waals surface area contributed by atoms with Crippen molar-refractivity contribution < 1.29 is 24.2 Å². The van der Waals surface area contributed by atoms with Gasteiger partial charge in [-0.2, -0.15) is 0 Å². The van der Waals surface area contributed by atoms with Gasteiger partial charge in [-0.05, 0) is 67.5 Å². The summed E-state index contributed by atoms with van der Waals surface area (Å²) in [5.41, 5.74) is 2.16. The van der Waals surface area contributed by atoms with E-state index in [2.05, 4.69) is 47.7 Å². The molecule has 1 atom stereocenters. The van der Waals surface area contributed by atoms with E-state index in [-0.39, 0.29) is 6.42 Å². The van der Waals surface area contributed by atoms with Crippen molar-refractivity contribution in [2.45, 2.75) is 44.0 Å². The zero-order chi connectivity index (χ0) is 24.6. The summed E-state index contributed by atoms with van der Waals surface area (Å²) in [6.07, 6.45) is 3.33. The number of aliphatic carboxylic acids is 1. The third kappa shape index (κ3) is 11.0. The summed E-state index contributed by atoms with van der Waals surface area (Å²) in [5, 5.41) is 11.1. The minimum Gasteiger partial charge on any atom is -0.497 e. The Labute approximate surface area is 200 Å². The fourth-order valence-corrected chi connectivity index (χ4v) is 4.07. The van der Waals surface area contributed by atoms with E-state index < -0.39 is 12.0 Å². The van der Waals surface area contributed by atoms with Gasteiger partial charge in [0.2, 0.25) is 6.41 Å². The van der Waals surface area contributed by atoms with Crippen LogP contribution in [0.5, 0.6) is 5.75 Å². The first kappa shape index (κ1) is 28.2. The average molecular weight is 475 g/mol. The zero-order valence-electron chi connectivity index (χ0n) is 19.5. The second-order valence-corrected chi connectivity index (χ2v) is 8.91. The summed E-state index contributed by atoms with van der Waals surface area (Å²) in [6, 6.07) is 14.9. The highest BCUT2D eigenvalue weighted by Gasteiger charge is 2.17. The van der Waals surface area contributed by atoms with Crippen LogP contribution in [0.4, 0.5) is 0 Å². The number of benzene rings is 2. The first-order valence-electron chi connectivity index (χ1n) is 10.7. The molecule has 0 saturated carbocycles. The number of amides is 1. The highest BCUT2D eigenvalue weighted by molar-refractivity contribution is 7.97. The standard InChI is InChI=1S/C13H19NS.C11H13NO4.CH2O/c1-11-3-5-13(6-4-11)15-14-9-7-12(2)8-10-14;1-16-9-4-2-8(3-5-9)6-10(11(14)15)12-7-13;1-2/h3-6,12H,7-10H2,1-2H3;2-5,7,10H,6H2,1H3,(H,12,13)(H,14,15);1H2. The van der Waals surface area contributed by atoms with Gasteiger partial charge in [-0.15, -0.1) is 0 Å². The van der Waals surface area contributed by atoms with E-state index in [1.807, 2.05) is 18.7 Å². The highest BCUT2D eigenvalue weighted by Crippen LogP contribution is 2.28. The number of carboxylic acid groups (broad SMARTS) is 1. The van der Waals surface area contributed by atoms with Crippen LogP contribution in [-0.4, -0.2) is 54.8 Å². The molecule has 1 fully saturated rings. The smallest absolute Gasteiger partial charge is 0.326 e. The van der Waals surface area contributed by atoms with Gasteiger partial charge in [-0.1, -0.05) is 36.8 Å². The molecular formula is C25H34N2O5S. The highest BCUT2D eigenvalue weighted by atomic mass is 32.2. The molecule has 180 valence electrons. The summed E-state index contributed by atoms with van der Waals surface area (Å²) in [7, 11) is 1.56. The molecular weight excluding hydrogens is 440 g/mol. The summed E-state index contributed by atoms with van der Waals surface area (Å²) < 4.78 is 7.47. The molecule has 0 spiro atoms. The van der Waals surface area contributed by atoms with Gasteiger partial charge < -0.3 is 20.0 Å². The van der Waals surface area contributed by atoms with Gasteiger partial charge in [-0.3, -0.25) is 4.79 Å². The lowest BCUT2D eigenvalue weighted by Crippen LogP contribution is -2.37. The second kappa shape index (κ2) is 15.9. The monoisotopic (exact) mass is 474 g/mol. The van der Waals surface area contributed by atoms with E-state index in [9.17, 15) is 9.59 Å². The Bertz CT molecular complexity index is 822. The predicted octanol–water partition coefficient (Wildman–Crippen LogP) is 3.99. The van der Waals surface area contributed by atoms with Gasteiger partial charge in [0.1, 0.15) is 18.6 Å². The predicted molar refractivity (Wildman–Crippen MR) is 131 cm³/mol. The third-order valence-electron chi connectivity index (χ3n) is 5.16. The Hall–Kier alpha value is -2.84.